The molecule has 0 nitrogen and oxygen atoms in total. The third-order valence-corrected chi connectivity index (χ3v) is 21.5. The Labute approximate surface area is 203 Å². The molecule has 4 aromatic carbocycles. The van der Waals surface area contributed by atoms with Crippen molar-refractivity contribution in [2.24, 2.45) is 0 Å². The first-order valence-corrected chi connectivity index (χ1v) is 18.6. The van der Waals surface area contributed by atoms with Crippen LogP contribution in [-0.2, 0) is 0 Å². The van der Waals surface area contributed by atoms with Gasteiger partial charge >= 0.3 is 204 Å². The van der Waals surface area contributed by atoms with E-state index in [9.17, 15) is 0 Å². The van der Waals surface area contributed by atoms with Crippen molar-refractivity contribution in [2.45, 2.75) is 20.7 Å². The molecule has 0 saturated heterocycles. The maximum atomic E-state index is 4.28. The molecule has 0 fully saturated rings. The standard InChI is InChI=1S/2C10H11.2C6H5.Sn/c2*1-3-9(2)10-7-5-4-6-8-10;2*1-2-4-6-5-3-1;/h2*3-9H,1-2H2;2*1-5H;. The van der Waals surface area contributed by atoms with Crippen molar-refractivity contribution in [1.29, 1.82) is 0 Å². The molecule has 0 saturated carbocycles. The molecule has 0 aromatic heterocycles. The Bertz CT molecular complexity index is 1040. The Kier molecular flexibility index (Phi) is 8.01. The summed E-state index contributed by atoms with van der Waals surface area (Å²) < 4.78 is 5.38. The number of rotatable bonds is 10. The van der Waals surface area contributed by atoms with E-state index in [1.54, 1.807) is 7.16 Å². The van der Waals surface area contributed by atoms with E-state index in [1.165, 1.54) is 11.1 Å². The number of hydrogen-bond donors (Lipinski definition) is 0. The average molecular weight is 535 g/mol. The topological polar surface area (TPSA) is 0 Å². The van der Waals surface area contributed by atoms with E-state index in [-0.39, 0.29) is 0 Å². The summed E-state index contributed by atoms with van der Waals surface area (Å²) in [5.74, 6) is 0.646. The summed E-state index contributed by atoms with van der Waals surface area (Å²) in [7, 11) is 0. The van der Waals surface area contributed by atoms with Gasteiger partial charge in [0.05, 0.1) is 0 Å². The molecule has 164 valence electrons. The predicted octanol–water partition coefficient (Wildman–Crippen LogP) is 7.19. The average Bonchev–Trinajstić information content (AvgIpc) is 2.91. The fourth-order valence-electron chi connectivity index (χ4n) is 5.06. The molecule has 4 rings (SSSR count). The molecule has 1 heteroatoms. The zero-order valence-corrected chi connectivity index (χ0v) is 22.0. The molecular weight excluding hydrogens is 503 g/mol. The van der Waals surface area contributed by atoms with E-state index in [2.05, 4.69) is 147 Å². The van der Waals surface area contributed by atoms with Crippen molar-refractivity contribution >= 4 is 25.5 Å². The van der Waals surface area contributed by atoms with Gasteiger partial charge in [0.15, 0.2) is 0 Å². The van der Waals surface area contributed by atoms with Crippen molar-refractivity contribution < 1.29 is 0 Å². The van der Waals surface area contributed by atoms with Gasteiger partial charge in [-0.05, 0) is 0 Å². The third-order valence-electron chi connectivity index (χ3n) is 6.81. The first-order chi connectivity index (χ1) is 16.3. The van der Waals surface area contributed by atoms with Crippen LogP contribution in [0.5, 0.6) is 0 Å². The Morgan fingerprint density at radius 1 is 0.485 bits per heavy atom. The van der Waals surface area contributed by atoms with Crippen LogP contribution in [0.25, 0.3) is 0 Å². The van der Waals surface area contributed by atoms with Crippen LogP contribution in [0.2, 0.25) is 8.87 Å². The Balaban J connectivity index is 1.88. The molecule has 0 bridgehead atoms. The Hall–Kier alpha value is -2.84. The molecule has 0 aliphatic heterocycles. The second-order valence-corrected chi connectivity index (χ2v) is 20.5. The zero-order chi connectivity index (χ0) is 22.9. The Morgan fingerprint density at radius 3 is 1.09 bits per heavy atom. The SMILES string of the molecule is C=CC([CH2][Sn]([CH2]C(C=C)c1ccccc1)([c]1ccccc1)[c]1ccccc1)c1ccccc1. The van der Waals surface area contributed by atoms with Crippen molar-refractivity contribution in [2.75, 3.05) is 0 Å². The van der Waals surface area contributed by atoms with E-state index in [1.807, 2.05) is 0 Å². The molecule has 0 aliphatic rings. The van der Waals surface area contributed by atoms with Gasteiger partial charge < -0.3 is 0 Å². The van der Waals surface area contributed by atoms with Gasteiger partial charge in [-0.2, -0.15) is 0 Å². The van der Waals surface area contributed by atoms with Crippen LogP contribution < -0.4 is 7.16 Å². The van der Waals surface area contributed by atoms with E-state index in [0.717, 1.165) is 8.87 Å². The van der Waals surface area contributed by atoms with Crippen LogP contribution >= 0.6 is 0 Å². The van der Waals surface area contributed by atoms with Crippen molar-refractivity contribution in [3.8, 4) is 0 Å². The van der Waals surface area contributed by atoms with Gasteiger partial charge in [0.2, 0.25) is 0 Å². The van der Waals surface area contributed by atoms with Gasteiger partial charge in [0.1, 0.15) is 0 Å². The summed E-state index contributed by atoms with van der Waals surface area (Å²) in [5, 5.41) is 0. The van der Waals surface area contributed by atoms with E-state index in [4.69, 9.17) is 0 Å². The Morgan fingerprint density at radius 2 is 0.788 bits per heavy atom. The summed E-state index contributed by atoms with van der Waals surface area (Å²) in [5.41, 5.74) is 2.71. The molecule has 4 aromatic rings. The van der Waals surface area contributed by atoms with E-state index < -0.39 is 18.4 Å². The number of benzene rings is 4. The molecule has 0 amide bonds. The van der Waals surface area contributed by atoms with Gasteiger partial charge in [0, 0.05) is 0 Å². The fourth-order valence-corrected chi connectivity index (χ4v) is 20.5. The van der Waals surface area contributed by atoms with Crippen LogP contribution in [0.3, 0.4) is 0 Å². The molecular formula is C32H32Sn. The van der Waals surface area contributed by atoms with Crippen LogP contribution in [0, 0.1) is 0 Å². The van der Waals surface area contributed by atoms with Crippen LogP contribution in [0.1, 0.15) is 23.0 Å². The normalized spacial score (nSPS) is 13.1. The van der Waals surface area contributed by atoms with Crippen LogP contribution in [-0.4, -0.2) is 18.4 Å². The first kappa shape index (κ1) is 23.3. The molecule has 0 spiro atoms. The molecule has 0 heterocycles. The summed E-state index contributed by atoms with van der Waals surface area (Å²) in [4.78, 5) is 0. The van der Waals surface area contributed by atoms with Crippen LogP contribution in [0.15, 0.2) is 147 Å². The minimum atomic E-state index is -3.26. The number of hydrogen-bond acceptors (Lipinski definition) is 0. The van der Waals surface area contributed by atoms with E-state index in [0.29, 0.717) is 11.8 Å². The second-order valence-electron chi connectivity index (χ2n) is 8.73. The second kappa shape index (κ2) is 11.3. The van der Waals surface area contributed by atoms with Crippen molar-refractivity contribution in [3.05, 3.63) is 158 Å². The molecule has 2 atom stereocenters. The summed E-state index contributed by atoms with van der Waals surface area (Å²) in [6, 6.07) is 44.4. The first-order valence-electron chi connectivity index (χ1n) is 11.7. The molecule has 2 unspecified atom stereocenters. The molecule has 0 N–H and O–H groups in total. The molecule has 0 radical (unpaired) electrons. The monoisotopic (exact) mass is 536 g/mol. The number of allylic oxidation sites excluding steroid dienone is 2. The van der Waals surface area contributed by atoms with Gasteiger partial charge in [-0.3, -0.25) is 0 Å². The summed E-state index contributed by atoms with van der Waals surface area (Å²) >= 11 is -3.26. The quantitative estimate of drug-likeness (QED) is 0.149. The van der Waals surface area contributed by atoms with Gasteiger partial charge in [0.25, 0.3) is 0 Å². The van der Waals surface area contributed by atoms with Gasteiger partial charge in [-0.1, -0.05) is 0 Å². The van der Waals surface area contributed by atoms with Gasteiger partial charge in [-0.25, -0.2) is 0 Å². The predicted molar refractivity (Wildman–Crippen MR) is 146 cm³/mol. The van der Waals surface area contributed by atoms with Crippen molar-refractivity contribution in [3.63, 3.8) is 0 Å². The van der Waals surface area contributed by atoms with E-state index >= 15 is 0 Å². The third kappa shape index (κ3) is 5.39. The zero-order valence-electron chi connectivity index (χ0n) is 19.2. The summed E-state index contributed by atoms with van der Waals surface area (Å²) in [6.45, 7) is 8.56. The summed E-state index contributed by atoms with van der Waals surface area (Å²) in [6.07, 6.45) is 4.33. The van der Waals surface area contributed by atoms with Gasteiger partial charge in [-0.15, -0.1) is 0 Å². The fraction of sp³-hybridized carbons (Fsp3) is 0.125. The molecule has 33 heavy (non-hydrogen) atoms. The maximum absolute atomic E-state index is 4.28. The molecule has 0 aliphatic carbocycles. The minimum absolute atomic E-state index is 0.323. The van der Waals surface area contributed by atoms with Crippen LogP contribution in [0.4, 0.5) is 0 Å². The van der Waals surface area contributed by atoms with Crippen molar-refractivity contribution in [1.82, 2.24) is 0 Å².